The molecule has 0 aliphatic heterocycles. The Hall–Kier alpha value is -0.350. The molecule has 16 heavy (non-hydrogen) atoms. The van der Waals surface area contributed by atoms with E-state index in [0.717, 1.165) is 11.0 Å². The molecule has 0 atom stereocenters. The Kier molecular flexibility index (Phi) is 6.06. The maximum absolute atomic E-state index is 3.51. The summed E-state index contributed by atoms with van der Waals surface area (Å²) in [6.45, 7) is 1.03. The molecule has 0 amide bonds. The number of nitrogens with one attached hydrogen (secondary N) is 1. The molecule has 0 aromatic heterocycles. The second-order valence-electron chi connectivity index (χ2n) is 3.83. The smallest absolute Gasteiger partial charge is 0.0597 e. The molecule has 90 valence electrons. The first-order chi connectivity index (χ1) is 7.65. The van der Waals surface area contributed by atoms with E-state index < -0.39 is 0 Å². The van der Waals surface area contributed by atoms with Gasteiger partial charge >= 0.3 is 0 Å². The van der Waals surface area contributed by atoms with Crippen molar-refractivity contribution in [2.24, 2.45) is 0 Å². The van der Waals surface area contributed by atoms with Crippen molar-refractivity contribution in [1.29, 1.82) is 0 Å². The van der Waals surface area contributed by atoms with Gasteiger partial charge in [0.15, 0.2) is 0 Å². The van der Waals surface area contributed by atoms with E-state index in [-0.39, 0.29) is 0 Å². The number of anilines is 2. The number of nitrogens with zero attached hydrogens (tertiary/aromatic N) is 1. The van der Waals surface area contributed by atoms with Crippen molar-refractivity contribution in [3.8, 4) is 0 Å². The van der Waals surface area contributed by atoms with Crippen molar-refractivity contribution in [2.75, 3.05) is 42.9 Å². The number of rotatable bonds is 6. The zero-order valence-electron chi connectivity index (χ0n) is 10.1. The second-order valence-corrected chi connectivity index (χ2v) is 5.73. The molecule has 4 heteroatoms. The first kappa shape index (κ1) is 13.7. The van der Waals surface area contributed by atoms with Gasteiger partial charge in [-0.3, -0.25) is 0 Å². The molecule has 0 saturated heterocycles. The van der Waals surface area contributed by atoms with Gasteiger partial charge in [0, 0.05) is 25.1 Å². The second kappa shape index (κ2) is 7.07. The summed E-state index contributed by atoms with van der Waals surface area (Å²) in [5, 5.41) is 3.49. The van der Waals surface area contributed by atoms with Crippen LogP contribution in [0.3, 0.4) is 0 Å². The zero-order valence-corrected chi connectivity index (χ0v) is 12.5. The quantitative estimate of drug-likeness (QED) is 0.807. The first-order valence-corrected chi connectivity index (χ1v) is 7.53. The Balaban J connectivity index is 2.65. The normalized spacial score (nSPS) is 10.2. The Bertz CT molecular complexity index is 329. The largest absolute Gasteiger partial charge is 0.383 e. The molecule has 0 radical (unpaired) electrons. The summed E-state index contributed by atoms with van der Waals surface area (Å²) in [4.78, 5) is 2.13. The van der Waals surface area contributed by atoms with E-state index in [9.17, 15) is 0 Å². The Morgan fingerprint density at radius 1 is 1.38 bits per heavy atom. The third-order valence-electron chi connectivity index (χ3n) is 2.28. The van der Waals surface area contributed by atoms with E-state index >= 15 is 0 Å². The van der Waals surface area contributed by atoms with Crippen molar-refractivity contribution in [3.63, 3.8) is 0 Å². The fourth-order valence-electron chi connectivity index (χ4n) is 1.48. The molecule has 2 nitrogen and oxygen atoms in total. The van der Waals surface area contributed by atoms with Crippen LogP contribution in [0.2, 0.25) is 0 Å². The predicted molar refractivity (Wildman–Crippen MR) is 80.0 cm³/mol. The number of halogens is 1. The highest BCUT2D eigenvalue weighted by Crippen LogP contribution is 2.27. The summed E-state index contributed by atoms with van der Waals surface area (Å²) in [5.74, 6) is 1.21. The van der Waals surface area contributed by atoms with E-state index in [1.165, 1.54) is 23.5 Å². The van der Waals surface area contributed by atoms with Gasteiger partial charge in [0.25, 0.3) is 0 Å². The number of benzene rings is 1. The summed E-state index contributed by atoms with van der Waals surface area (Å²) >= 11 is 5.40. The van der Waals surface area contributed by atoms with Gasteiger partial charge in [-0.15, -0.1) is 0 Å². The monoisotopic (exact) mass is 302 g/mol. The lowest BCUT2D eigenvalue weighted by Gasteiger charge is -2.18. The third kappa shape index (κ3) is 4.26. The van der Waals surface area contributed by atoms with Crippen molar-refractivity contribution in [3.05, 3.63) is 22.7 Å². The van der Waals surface area contributed by atoms with Crippen LogP contribution in [0.15, 0.2) is 22.7 Å². The van der Waals surface area contributed by atoms with Gasteiger partial charge in [-0.25, -0.2) is 0 Å². The molecule has 0 unspecified atom stereocenters. The number of hydrogen-bond acceptors (Lipinski definition) is 3. The molecule has 0 aliphatic carbocycles. The minimum absolute atomic E-state index is 1.03. The summed E-state index contributed by atoms with van der Waals surface area (Å²) in [7, 11) is 4.13. The molecular formula is C12H19BrN2S. The van der Waals surface area contributed by atoms with Gasteiger partial charge in [-0.2, -0.15) is 11.8 Å². The van der Waals surface area contributed by atoms with E-state index in [4.69, 9.17) is 0 Å². The Labute approximate surface area is 111 Å². The number of thioether (sulfide) groups is 1. The molecule has 0 spiro atoms. The molecular weight excluding hydrogens is 284 g/mol. The standard InChI is InChI=1S/C12H19BrN2S/c1-15(2)12-6-5-10(13)9-11(12)14-7-4-8-16-3/h5-6,9,14H,4,7-8H2,1-3H3. The minimum Gasteiger partial charge on any atom is -0.383 e. The highest BCUT2D eigenvalue weighted by Gasteiger charge is 2.04. The average molecular weight is 303 g/mol. The highest BCUT2D eigenvalue weighted by molar-refractivity contribution is 9.10. The van der Waals surface area contributed by atoms with Gasteiger partial charge in [0.2, 0.25) is 0 Å². The lowest BCUT2D eigenvalue weighted by molar-refractivity contribution is 0.989. The maximum Gasteiger partial charge on any atom is 0.0597 e. The minimum atomic E-state index is 1.03. The number of hydrogen-bond donors (Lipinski definition) is 1. The molecule has 1 aromatic rings. The highest BCUT2D eigenvalue weighted by atomic mass is 79.9. The summed E-state index contributed by atoms with van der Waals surface area (Å²) < 4.78 is 1.12. The van der Waals surface area contributed by atoms with Crippen molar-refractivity contribution in [1.82, 2.24) is 0 Å². The van der Waals surface area contributed by atoms with E-state index in [1.807, 2.05) is 11.8 Å². The zero-order chi connectivity index (χ0) is 12.0. The Morgan fingerprint density at radius 2 is 2.12 bits per heavy atom. The molecule has 0 saturated carbocycles. The average Bonchev–Trinajstić information content (AvgIpc) is 2.24. The molecule has 1 rings (SSSR count). The van der Waals surface area contributed by atoms with Crippen LogP contribution in [0, 0.1) is 0 Å². The molecule has 0 bridgehead atoms. The summed E-state index contributed by atoms with van der Waals surface area (Å²) in [6.07, 6.45) is 3.34. The van der Waals surface area contributed by atoms with E-state index in [1.54, 1.807) is 0 Å². The SMILES string of the molecule is CSCCCNc1cc(Br)ccc1N(C)C. The van der Waals surface area contributed by atoms with Crippen LogP contribution < -0.4 is 10.2 Å². The first-order valence-electron chi connectivity index (χ1n) is 5.35. The molecule has 1 N–H and O–H groups in total. The van der Waals surface area contributed by atoms with Crippen molar-refractivity contribution in [2.45, 2.75) is 6.42 Å². The lowest BCUT2D eigenvalue weighted by atomic mass is 10.2. The topological polar surface area (TPSA) is 15.3 Å². The van der Waals surface area contributed by atoms with E-state index in [2.05, 4.69) is 64.7 Å². The molecule has 0 aliphatic rings. The lowest BCUT2D eigenvalue weighted by Crippen LogP contribution is -2.13. The van der Waals surface area contributed by atoms with Crippen LogP contribution >= 0.6 is 27.7 Å². The van der Waals surface area contributed by atoms with Gasteiger partial charge in [0.1, 0.15) is 0 Å². The fourth-order valence-corrected chi connectivity index (χ4v) is 2.27. The van der Waals surface area contributed by atoms with Crippen molar-refractivity contribution < 1.29 is 0 Å². The van der Waals surface area contributed by atoms with Gasteiger partial charge in [-0.05, 0) is 36.6 Å². The Morgan fingerprint density at radius 3 is 2.75 bits per heavy atom. The van der Waals surface area contributed by atoms with Gasteiger partial charge in [-0.1, -0.05) is 15.9 Å². The van der Waals surface area contributed by atoms with Crippen LogP contribution in [-0.4, -0.2) is 32.6 Å². The van der Waals surface area contributed by atoms with Gasteiger partial charge < -0.3 is 10.2 Å². The van der Waals surface area contributed by atoms with Crippen molar-refractivity contribution >= 4 is 39.1 Å². The van der Waals surface area contributed by atoms with E-state index in [0.29, 0.717) is 0 Å². The molecule has 1 aromatic carbocycles. The van der Waals surface area contributed by atoms with Gasteiger partial charge in [0.05, 0.1) is 11.4 Å². The predicted octanol–water partition coefficient (Wildman–Crippen LogP) is 3.68. The van der Waals surface area contributed by atoms with Crippen LogP contribution in [0.25, 0.3) is 0 Å². The fraction of sp³-hybridized carbons (Fsp3) is 0.500. The van der Waals surface area contributed by atoms with Crippen LogP contribution in [0.4, 0.5) is 11.4 Å². The summed E-state index contributed by atoms with van der Waals surface area (Å²) in [5.41, 5.74) is 2.42. The molecule has 0 heterocycles. The van der Waals surface area contributed by atoms with Crippen LogP contribution in [0.1, 0.15) is 6.42 Å². The van der Waals surface area contributed by atoms with Crippen LogP contribution in [-0.2, 0) is 0 Å². The molecule has 0 fully saturated rings. The maximum atomic E-state index is 3.51. The summed E-state index contributed by atoms with van der Waals surface area (Å²) in [6, 6.07) is 6.33. The third-order valence-corrected chi connectivity index (χ3v) is 3.47. The van der Waals surface area contributed by atoms with Crippen LogP contribution in [0.5, 0.6) is 0 Å².